The SMILES string of the molecule is COc1ncccc1CNC1CCC(Nc2nccc(/C=C3\SC(=O)NC3=O)n2)CC1. The molecule has 0 aromatic carbocycles. The van der Waals surface area contributed by atoms with E-state index in [0.717, 1.165) is 49.6 Å². The lowest BCUT2D eigenvalue weighted by Gasteiger charge is -2.30. The number of hydrogen-bond donors (Lipinski definition) is 3. The number of nitrogens with one attached hydrogen (secondary N) is 3. The molecule has 4 rings (SSSR count). The van der Waals surface area contributed by atoms with Gasteiger partial charge in [-0.25, -0.2) is 15.0 Å². The van der Waals surface area contributed by atoms with Gasteiger partial charge < -0.3 is 15.4 Å². The molecule has 1 aliphatic carbocycles. The van der Waals surface area contributed by atoms with Crippen molar-refractivity contribution in [1.29, 1.82) is 0 Å². The highest BCUT2D eigenvalue weighted by atomic mass is 32.2. The van der Waals surface area contributed by atoms with E-state index in [2.05, 4.69) is 30.9 Å². The van der Waals surface area contributed by atoms with E-state index in [0.29, 0.717) is 34.5 Å². The van der Waals surface area contributed by atoms with Crippen LogP contribution in [0.4, 0.5) is 10.7 Å². The summed E-state index contributed by atoms with van der Waals surface area (Å²) < 4.78 is 5.31. The minimum atomic E-state index is -0.391. The molecular weight excluding hydrogens is 416 g/mol. The number of imide groups is 1. The van der Waals surface area contributed by atoms with Crippen LogP contribution in [0.1, 0.15) is 36.9 Å². The van der Waals surface area contributed by atoms with Crippen molar-refractivity contribution in [2.75, 3.05) is 12.4 Å². The molecule has 2 amide bonds. The van der Waals surface area contributed by atoms with Gasteiger partial charge in [-0.3, -0.25) is 14.9 Å². The molecule has 162 valence electrons. The van der Waals surface area contributed by atoms with E-state index >= 15 is 0 Å². The Morgan fingerprint density at radius 2 is 1.97 bits per heavy atom. The molecule has 0 atom stereocenters. The molecule has 0 unspecified atom stereocenters. The van der Waals surface area contributed by atoms with Gasteiger partial charge in [0.05, 0.1) is 17.7 Å². The zero-order valence-corrected chi connectivity index (χ0v) is 17.9. The first-order valence-corrected chi connectivity index (χ1v) is 11.0. The molecule has 1 saturated carbocycles. The van der Waals surface area contributed by atoms with E-state index in [9.17, 15) is 9.59 Å². The van der Waals surface area contributed by atoms with Crippen LogP contribution in [0.25, 0.3) is 6.08 Å². The topological polar surface area (TPSA) is 118 Å². The summed E-state index contributed by atoms with van der Waals surface area (Å²) in [5.41, 5.74) is 1.64. The van der Waals surface area contributed by atoms with Gasteiger partial charge in [-0.2, -0.15) is 0 Å². The Labute approximate surface area is 184 Å². The molecule has 31 heavy (non-hydrogen) atoms. The van der Waals surface area contributed by atoms with Gasteiger partial charge in [0.15, 0.2) is 0 Å². The quantitative estimate of drug-likeness (QED) is 0.558. The summed E-state index contributed by atoms with van der Waals surface area (Å²) in [6.45, 7) is 0.730. The van der Waals surface area contributed by atoms with Gasteiger partial charge >= 0.3 is 0 Å². The van der Waals surface area contributed by atoms with Crippen LogP contribution in [-0.2, 0) is 11.3 Å². The Morgan fingerprint density at radius 3 is 2.71 bits per heavy atom. The van der Waals surface area contributed by atoms with E-state index in [1.807, 2.05) is 12.1 Å². The number of thioether (sulfide) groups is 1. The lowest BCUT2D eigenvalue weighted by Crippen LogP contribution is -2.37. The number of ether oxygens (including phenoxy) is 1. The van der Waals surface area contributed by atoms with Crippen molar-refractivity contribution in [1.82, 2.24) is 25.6 Å². The molecule has 1 aliphatic heterocycles. The molecule has 3 heterocycles. The predicted octanol–water partition coefficient (Wildman–Crippen LogP) is 2.72. The van der Waals surface area contributed by atoms with E-state index in [1.165, 1.54) is 0 Å². The number of rotatable bonds is 7. The first-order valence-electron chi connectivity index (χ1n) is 10.2. The first kappa shape index (κ1) is 21.3. The zero-order chi connectivity index (χ0) is 21.6. The highest BCUT2D eigenvalue weighted by molar-refractivity contribution is 8.18. The molecule has 2 fully saturated rings. The molecule has 2 aromatic heterocycles. The van der Waals surface area contributed by atoms with Crippen molar-refractivity contribution >= 4 is 34.9 Å². The second kappa shape index (κ2) is 9.88. The van der Waals surface area contributed by atoms with E-state index < -0.39 is 5.91 Å². The van der Waals surface area contributed by atoms with Crippen molar-refractivity contribution in [3.63, 3.8) is 0 Å². The average molecular weight is 441 g/mol. The molecule has 1 saturated heterocycles. The average Bonchev–Trinajstić information content (AvgIpc) is 3.10. The summed E-state index contributed by atoms with van der Waals surface area (Å²) in [4.78, 5) is 36.3. The fraction of sp³-hybridized carbons (Fsp3) is 0.381. The Balaban J connectivity index is 1.28. The van der Waals surface area contributed by atoms with Gasteiger partial charge in [-0.1, -0.05) is 6.07 Å². The molecule has 2 aromatic rings. The van der Waals surface area contributed by atoms with Crippen LogP contribution in [-0.4, -0.2) is 45.3 Å². The second-order valence-electron chi connectivity index (χ2n) is 7.40. The van der Waals surface area contributed by atoms with Gasteiger partial charge in [-0.15, -0.1) is 0 Å². The van der Waals surface area contributed by atoms with Crippen molar-refractivity contribution < 1.29 is 14.3 Å². The highest BCUT2D eigenvalue weighted by Gasteiger charge is 2.25. The number of methoxy groups -OCH3 is 1. The molecule has 0 radical (unpaired) electrons. The Kier molecular flexibility index (Phi) is 6.78. The van der Waals surface area contributed by atoms with Crippen molar-refractivity contribution in [2.45, 2.75) is 44.3 Å². The van der Waals surface area contributed by atoms with Crippen LogP contribution >= 0.6 is 11.8 Å². The maximum Gasteiger partial charge on any atom is 0.290 e. The van der Waals surface area contributed by atoms with Crippen LogP contribution < -0.4 is 20.7 Å². The molecular formula is C21H24N6O3S. The maximum atomic E-state index is 11.7. The third-order valence-corrected chi connectivity index (χ3v) is 6.09. The summed E-state index contributed by atoms with van der Waals surface area (Å²) in [6, 6.07) is 6.38. The monoisotopic (exact) mass is 440 g/mol. The van der Waals surface area contributed by atoms with Crippen molar-refractivity contribution in [3.05, 3.63) is 46.8 Å². The number of carbonyl (C=O) groups excluding carboxylic acids is 2. The minimum absolute atomic E-state index is 0.291. The van der Waals surface area contributed by atoms with Crippen LogP contribution in [0.2, 0.25) is 0 Å². The number of amides is 2. The zero-order valence-electron chi connectivity index (χ0n) is 17.1. The van der Waals surface area contributed by atoms with E-state index in [1.54, 1.807) is 31.6 Å². The normalized spacial score (nSPS) is 22.4. The molecule has 2 aliphatic rings. The van der Waals surface area contributed by atoms with Crippen LogP contribution in [0, 0.1) is 0 Å². The van der Waals surface area contributed by atoms with E-state index in [4.69, 9.17) is 4.74 Å². The number of anilines is 1. The molecule has 10 heteroatoms. The van der Waals surface area contributed by atoms with Crippen LogP contribution in [0.3, 0.4) is 0 Å². The highest BCUT2D eigenvalue weighted by Crippen LogP contribution is 2.26. The summed E-state index contributed by atoms with van der Waals surface area (Å²) in [7, 11) is 1.64. The lowest BCUT2D eigenvalue weighted by molar-refractivity contribution is -0.115. The number of hydrogen-bond acceptors (Lipinski definition) is 9. The molecule has 0 spiro atoms. The Hall–Kier alpha value is -2.98. The first-order chi connectivity index (χ1) is 15.1. The van der Waals surface area contributed by atoms with Crippen LogP contribution in [0.15, 0.2) is 35.5 Å². The largest absolute Gasteiger partial charge is 0.481 e. The number of nitrogens with zero attached hydrogens (tertiary/aromatic N) is 3. The predicted molar refractivity (Wildman–Crippen MR) is 118 cm³/mol. The van der Waals surface area contributed by atoms with Crippen LogP contribution in [0.5, 0.6) is 5.88 Å². The molecule has 9 nitrogen and oxygen atoms in total. The van der Waals surface area contributed by atoms with Gasteiger partial charge in [0.2, 0.25) is 11.8 Å². The number of aromatic nitrogens is 3. The van der Waals surface area contributed by atoms with Gasteiger partial charge in [0, 0.05) is 36.6 Å². The van der Waals surface area contributed by atoms with Crippen molar-refractivity contribution in [2.24, 2.45) is 0 Å². The Bertz CT molecular complexity index is 991. The number of pyridine rings is 1. The molecule has 0 bridgehead atoms. The molecule has 3 N–H and O–H groups in total. The van der Waals surface area contributed by atoms with Gasteiger partial charge in [0.25, 0.3) is 11.1 Å². The third-order valence-electron chi connectivity index (χ3n) is 5.28. The second-order valence-corrected chi connectivity index (χ2v) is 8.42. The summed E-state index contributed by atoms with van der Waals surface area (Å²) >= 11 is 0.877. The van der Waals surface area contributed by atoms with E-state index in [-0.39, 0.29) is 5.24 Å². The lowest BCUT2D eigenvalue weighted by atomic mass is 9.91. The maximum absolute atomic E-state index is 11.7. The standard InChI is InChI=1S/C21H24N6O3S/c1-30-19-13(3-2-9-22-19)12-24-14-4-6-15(7-5-14)25-20-23-10-8-16(26-20)11-17-18(28)27-21(29)31-17/h2-3,8-11,14-15,24H,4-7,12H2,1H3,(H,23,25,26)(H,27,28,29)/b17-11-. The summed E-state index contributed by atoms with van der Waals surface area (Å²) in [6.07, 6.45) is 9.08. The third kappa shape index (κ3) is 5.59. The fourth-order valence-corrected chi connectivity index (χ4v) is 4.37. The smallest absolute Gasteiger partial charge is 0.290 e. The summed E-state index contributed by atoms with van der Waals surface area (Å²) in [5, 5.41) is 8.87. The number of carbonyl (C=O) groups is 2. The van der Waals surface area contributed by atoms with Crippen molar-refractivity contribution in [3.8, 4) is 5.88 Å². The Morgan fingerprint density at radius 1 is 1.16 bits per heavy atom. The minimum Gasteiger partial charge on any atom is -0.481 e. The van der Waals surface area contributed by atoms with Gasteiger partial charge in [0.1, 0.15) is 0 Å². The fourth-order valence-electron chi connectivity index (χ4n) is 3.70. The van der Waals surface area contributed by atoms with Gasteiger partial charge in [-0.05, 0) is 55.7 Å². The summed E-state index contributed by atoms with van der Waals surface area (Å²) in [5.74, 6) is 0.800.